The number of aromatic nitrogens is 2. The van der Waals surface area contributed by atoms with E-state index in [-0.39, 0.29) is 11.6 Å². The van der Waals surface area contributed by atoms with Crippen LogP contribution in [0, 0.1) is 11.3 Å². The van der Waals surface area contributed by atoms with Crippen LogP contribution in [0.1, 0.15) is 28.9 Å². The Labute approximate surface area is 156 Å². The predicted octanol–water partition coefficient (Wildman–Crippen LogP) is 1.94. The summed E-state index contributed by atoms with van der Waals surface area (Å²) in [6.45, 7) is 2.85. The number of hydrogen-bond acceptors (Lipinski definition) is 7. The van der Waals surface area contributed by atoms with Crippen molar-refractivity contribution in [1.29, 1.82) is 5.26 Å². The van der Waals surface area contributed by atoms with Crippen molar-refractivity contribution in [2.24, 2.45) is 0 Å². The second-order valence-electron chi connectivity index (χ2n) is 6.51. The van der Waals surface area contributed by atoms with E-state index in [1.165, 1.54) is 0 Å². The molecule has 2 aliphatic rings. The Kier molecular flexibility index (Phi) is 4.71. The lowest BCUT2D eigenvalue weighted by Crippen LogP contribution is -2.45. The normalized spacial score (nSPS) is 18.3. The Morgan fingerprint density at radius 1 is 1.07 bits per heavy atom. The van der Waals surface area contributed by atoms with Crippen LogP contribution in [0.3, 0.4) is 0 Å². The van der Waals surface area contributed by atoms with Crippen molar-refractivity contribution in [3.8, 4) is 6.07 Å². The third kappa shape index (κ3) is 3.74. The zero-order chi connectivity index (χ0) is 18.7. The first-order valence-corrected chi connectivity index (χ1v) is 8.86. The van der Waals surface area contributed by atoms with Crippen molar-refractivity contribution in [2.75, 3.05) is 36.5 Å². The molecule has 1 aromatic carbocycles. The molecule has 1 spiro atoms. The second kappa shape index (κ2) is 7.31. The second-order valence-corrected chi connectivity index (χ2v) is 6.51. The zero-order valence-corrected chi connectivity index (χ0v) is 14.7. The minimum Gasteiger partial charge on any atom is -0.355 e. The summed E-state index contributed by atoms with van der Waals surface area (Å²) in [5.41, 5.74) is 1.37. The summed E-state index contributed by atoms with van der Waals surface area (Å²) < 4.78 is 11.5. The molecule has 1 aromatic heterocycles. The number of hydrogen-bond donors (Lipinski definition) is 1. The first-order chi connectivity index (χ1) is 13.2. The molecule has 8 nitrogen and oxygen atoms in total. The van der Waals surface area contributed by atoms with Crippen molar-refractivity contribution in [3.63, 3.8) is 0 Å². The first kappa shape index (κ1) is 17.4. The lowest BCUT2D eigenvalue weighted by atomic mass is 10.0. The smallest absolute Gasteiger partial charge is 0.276 e. The van der Waals surface area contributed by atoms with Crippen molar-refractivity contribution in [3.05, 3.63) is 47.7 Å². The highest BCUT2D eigenvalue weighted by molar-refractivity contribution is 6.02. The number of carbonyl (C=O) groups excluding carboxylic acids is 1. The highest BCUT2D eigenvalue weighted by Crippen LogP contribution is 2.32. The van der Waals surface area contributed by atoms with E-state index in [1.54, 1.807) is 36.4 Å². The molecule has 0 aliphatic carbocycles. The maximum atomic E-state index is 12.3. The van der Waals surface area contributed by atoms with Crippen LogP contribution in [-0.2, 0) is 9.47 Å². The largest absolute Gasteiger partial charge is 0.355 e. The molecule has 2 aromatic rings. The first-order valence-electron chi connectivity index (χ1n) is 8.86. The van der Waals surface area contributed by atoms with Gasteiger partial charge in [-0.1, -0.05) is 0 Å². The van der Waals surface area contributed by atoms with Gasteiger partial charge in [0.2, 0.25) is 0 Å². The molecule has 138 valence electrons. The van der Waals surface area contributed by atoms with Crippen LogP contribution in [0.5, 0.6) is 0 Å². The number of benzene rings is 1. The van der Waals surface area contributed by atoms with Crippen LogP contribution in [0.15, 0.2) is 36.4 Å². The van der Waals surface area contributed by atoms with Gasteiger partial charge in [-0.05, 0) is 36.4 Å². The number of rotatable bonds is 3. The fourth-order valence-corrected chi connectivity index (χ4v) is 3.30. The third-order valence-corrected chi connectivity index (χ3v) is 4.82. The molecule has 4 rings (SSSR count). The SMILES string of the molecule is N#Cc1ccc(NC(=O)c2ccc(N3CCC4(CC3)OCCO4)nn2)cc1. The molecule has 0 bridgehead atoms. The van der Waals surface area contributed by atoms with Crippen molar-refractivity contribution in [1.82, 2.24) is 10.2 Å². The van der Waals surface area contributed by atoms with Crippen LogP contribution < -0.4 is 10.2 Å². The molecule has 0 atom stereocenters. The molecule has 8 heteroatoms. The summed E-state index contributed by atoms with van der Waals surface area (Å²) in [5, 5.41) is 19.8. The highest BCUT2D eigenvalue weighted by atomic mass is 16.7. The van der Waals surface area contributed by atoms with E-state index in [4.69, 9.17) is 14.7 Å². The summed E-state index contributed by atoms with van der Waals surface area (Å²) in [6.07, 6.45) is 1.57. The summed E-state index contributed by atoms with van der Waals surface area (Å²) in [7, 11) is 0. The van der Waals surface area contributed by atoms with E-state index in [2.05, 4.69) is 20.4 Å². The van der Waals surface area contributed by atoms with Crippen LogP contribution in [0.4, 0.5) is 11.5 Å². The van der Waals surface area contributed by atoms with Crippen LogP contribution in [0.2, 0.25) is 0 Å². The van der Waals surface area contributed by atoms with Gasteiger partial charge in [0.15, 0.2) is 17.3 Å². The average Bonchev–Trinajstić information content (AvgIpc) is 3.17. The lowest BCUT2D eigenvalue weighted by molar-refractivity contribution is -0.169. The summed E-state index contributed by atoms with van der Waals surface area (Å²) in [4.78, 5) is 14.4. The fraction of sp³-hybridized carbons (Fsp3) is 0.368. The van der Waals surface area contributed by atoms with Crippen molar-refractivity contribution in [2.45, 2.75) is 18.6 Å². The molecule has 2 fully saturated rings. The number of ether oxygens (including phenoxy) is 2. The van der Waals surface area contributed by atoms with Gasteiger partial charge in [-0.25, -0.2) is 0 Å². The Bertz CT molecular complexity index is 844. The topological polar surface area (TPSA) is 100 Å². The molecular formula is C19H19N5O3. The standard InChI is InChI=1S/C19H19N5O3/c20-13-14-1-3-15(4-2-14)21-18(25)16-5-6-17(23-22-16)24-9-7-19(8-10-24)26-11-12-27-19/h1-6H,7-12H2,(H,21,25). The maximum absolute atomic E-state index is 12.3. The molecule has 2 aliphatic heterocycles. The number of anilines is 2. The lowest BCUT2D eigenvalue weighted by Gasteiger charge is -2.37. The van der Waals surface area contributed by atoms with E-state index in [9.17, 15) is 4.79 Å². The molecule has 1 N–H and O–H groups in total. The van der Waals surface area contributed by atoms with E-state index < -0.39 is 5.79 Å². The molecule has 3 heterocycles. The Morgan fingerprint density at radius 2 is 1.78 bits per heavy atom. The molecule has 2 saturated heterocycles. The van der Waals surface area contributed by atoms with Gasteiger partial charge in [0, 0.05) is 31.6 Å². The zero-order valence-electron chi connectivity index (χ0n) is 14.7. The quantitative estimate of drug-likeness (QED) is 0.887. The molecule has 0 saturated carbocycles. The summed E-state index contributed by atoms with van der Waals surface area (Å²) >= 11 is 0. The Morgan fingerprint density at radius 3 is 2.37 bits per heavy atom. The molecular weight excluding hydrogens is 346 g/mol. The summed E-state index contributed by atoms with van der Waals surface area (Å²) in [6, 6.07) is 12.1. The molecule has 27 heavy (non-hydrogen) atoms. The Hall–Kier alpha value is -3.02. The molecule has 1 amide bonds. The van der Waals surface area contributed by atoms with Crippen LogP contribution in [-0.4, -0.2) is 48.2 Å². The number of nitrogens with zero attached hydrogens (tertiary/aromatic N) is 4. The molecule has 0 radical (unpaired) electrons. The van der Waals surface area contributed by atoms with Gasteiger partial charge < -0.3 is 19.7 Å². The van der Waals surface area contributed by atoms with Gasteiger partial charge in [0.1, 0.15) is 0 Å². The van der Waals surface area contributed by atoms with Crippen LogP contribution >= 0.6 is 0 Å². The number of nitrogens with one attached hydrogen (secondary N) is 1. The minimum atomic E-state index is -0.426. The highest BCUT2D eigenvalue weighted by Gasteiger charge is 2.40. The van der Waals surface area contributed by atoms with Gasteiger partial charge in [-0.2, -0.15) is 5.26 Å². The fourth-order valence-electron chi connectivity index (χ4n) is 3.30. The number of amides is 1. The van der Waals surface area contributed by atoms with Gasteiger partial charge in [-0.3, -0.25) is 4.79 Å². The monoisotopic (exact) mass is 365 g/mol. The van der Waals surface area contributed by atoms with Crippen molar-refractivity contribution < 1.29 is 14.3 Å². The van der Waals surface area contributed by atoms with Gasteiger partial charge in [0.25, 0.3) is 5.91 Å². The van der Waals surface area contributed by atoms with E-state index in [0.29, 0.717) is 24.5 Å². The predicted molar refractivity (Wildman–Crippen MR) is 97.2 cm³/mol. The Balaban J connectivity index is 1.37. The third-order valence-electron chi connectivity index (χ3n) is 4.82. The number of carbonyl (C=O) groups is 1. The van der Waals surface area contributed by atoms with E-state index >= 15 is 0 Å². The van der Waals surface area contributed by atoms with Gasteiger partial charge >= 0.3 is 0 Å². The molecule has 0 unspecified atom stereocenters. The number of nitriles is 1. The van der Waals surface area contributed by atoms with E-state index in [1.807, 2.05) is 6.07 Å². The van der Waals surface area contributed by atoms with Gasteiger partial charge in [-0.15, -0.1) is 10.2 Å². The van der Waals surface area contributed by atoms with E-state index in [0.717, 1.165) is 31.7 Å². The average molecular weight is 365 g/mol. The van der Waals surface area contributed by atoms with Gasteiger partial charge in [0.05, 0.1) is 24.8 Å². The maximum Gasteiger partial charge on any atom is 0.276 e. The summed E-state index contributed by atoms with van der Waals surface area (Å²) in [5.74, 6) is -0.0351. The number of piperidine rings is 1. The van der Waals surface area contributed by atoms with Crippen LogP contribution in [0.25, 0.3) is 0 Å². The minimum absolute atomic E-state index is 0.235. The van der Waals surface area contributed by atoms with Crippen molar-refractivity contribution >= 4 is 17.4 Å².